The molecule has 0 saturated heterocycles. The molecule has 7 heavy (non-hydrogen) atoms. The van der Waals surface area contributed by atoms with Crippen LogP contribution in [0.5, 0.6) is 0 Å². The zero-order valence-corrected chi connectivity index (χ0v) is 4.15. The minimum atomic E-state index is 0.271. The van der Waals surface area contributed by atoms with E-state index in [0.717, 1.165) is 11.1 Å². The molecule has 36 valence electrons. The summed E-state index contributed by atoms with van der Waals surface area (Å²) in [6.07, 6.45) is 0. The summed E-state index contributed by atoms with van der Waals surface area (Å²) >= 11 is 0. The maximum atomic E-state index is 8.50. The van der Waals surface area contributed by atoms with Crippen LogP contribution in [0.2, 0.25) is 0 Å². The van der Waals surface area contributed by atoms with Gasteiger partial charge in [0.15, 0.2) is 5.76 Å². The van der Waals surface area contributed by atoms with E-state index in [2.05, 4.69) is 12.3 Å². The Kier molecular flexibility index (Phi) is 0.613. The largest absolute Gasteiger partial charge is 0.500 e. The molecular formula is C6H6O. The second-order valence-corrected chi connectivity index (χ2v) is 1.63. The van der Waals surface area contributed by atoms with Crippen molar-refractivity contribution in [3.63, 3.8) is 0 Å². The number of hydrogen-bond donors (Lipinski definition) is 1. The summed E-state index contributed by atoms with van der Waals surface area (Å²) in [5.74, 6) is 0.271. The summed E-state index contributed by atoms with van der Waals surface area (Å²) in [7, 11) is 0. The highest BCUT2D eigenvalue weighted by Gasteiger charge is 2.12. The van der Waals surface area contributed by atoms with Crippen LogP contribution in [0.3, 0.4) is 0 Å². The van der Waals surface area contributed by atoms with Gasteiger partial charge in [-0.1, -0.05) is 12.3 Å². The minimum absolute atomic E-state index is 0.271. The molecule has 1 aliphatic carbocycles. The molecule has 1 N–H and O–H groups in total. The SMILES string of the molecule is C=C(C)C1=C=C1O. The lowest BCUT2D eigenvalue weighted by Crippen LogP contribution is -1.69. The van der Waals surface area contributed by atoms with Crippen LogP contribution in [-0.4, -0.2) is 5.11 Å². The van der Waals surface area contributed by atoms with E-state index in [1.165, 1.54) is 0 Å². The van der Waals surface area contributed by atoms with E-state index in [9.17, 15) is 0 Å². The first-order valence-corrected chi connectivity index (χ1v) is 2.08. The van der Waals surface area contributed by atoms with Gasteiger partial charge in [0.1, 0.15) is 0 Å². The fourth-order valence-corrected chi connectivity index (χ4v) is 0.396. The van der Waals surface area contributed by atoms with Crippen LogP contribution in [0, 0.1) is 0 Å². The van der Waals surface area contributed by atoms with Crippen LogP contribution in [0.1, 0.15) is 6.92 Å². The third-order valence-corrected chi connectivity index (χ3v) is 0.844. The fraction of sp³-hybridized carbons (Fsp3) is 0.167. The molecule has 0 unspecified atom stereocenters. The summed E-state index contributed by atoms with van der Waals surface area (Å²) in [6.45, 7) is 5.43. The zero-order chi connectivity index (χ0) is 5.44. The Labute approximate surface area is 42.3 Å². The van der Waals surface area contributed by atoms with Crippen LogP contribution in [0.4, 0.5) is 0 Å². The number of aliphatic hydroxyl groups excluding tert-OH is 1. The standard InChI is InChI=1S/C6H6O/c1-4(2)5-3-6(5)7/h7H,1H2,2H3. The van der Waals surface area contributed by atoms with E-state index in [-0.39, 0.29) is 5.76 Å². The average Bonchev–Trinajstić information content (AvgIpc) is 2.17. The molecule has 0 radical (unpaired) electrons. The third-order valence-electron chi connectivity index (χ3n) is 0.844. The monoisotopic (exact) mass is 94.0 g/mol. The first-order valence-electron chi connectivity index (χ1n) is 2.08. The Morgan fingerprint density at radius 1 is 1.86 bits per heavy atom. The van der Waals surface area contributed by atoms with E-state index in [1.54, 1.807) is 0 Å². The van der Waals surface area contributed by atoms with Gasteiger partial charge in [-0.25, -0.2) is 0 Å². The Morgan fingerprint density at radius 2 is 2.29 bits per heavy atom. The van der Waals surface area contributed by atoms with Gasteiger partial charge in [0, 0.05) is 0 Å². The van der Waals surface area contributed by atoms with Gasteiger partial charge in [-0.05, 0) is 12.5 Å². The molecule has 0 amide bonds. The summed E-state index contributed by atoms with van der Waals surface area (Å²) in [5.41, 5.74) is 4.30. The molecular weight excluding hydrogens is 88.1 g/mol. The first kappa shape index (κ1) is 4.23. The summed E-state index contributed by atoms with van der Waals surface area (Å²) < 4.78 is 0. The lowest BCUT2D eigenvalue weighted by molar-refractivity contribution is 0.443. The van der Waals surface area contributed by atoms with Gasteiger partial charge >= 0.3 is 0 Å². The summed E-state index contributed by atoms with van der Waals surface area (Å²) in [6, 6.07) is 0. The molecule has 0 aromatic heterocycles. The highest BCUT2D eigenvalue weighted by molar-refractivity contribution is 5.50. The predicted molar refractivity (Wildman–Crippen MR) is 28.0 cm³/mol. The zero-order valence-electron chi connectivity index (χ0n) is 4.15. The highest BCUT2D eigenvalue weighted by atomic mass is 16.3. The van der Waals surface area contributed by atoms with Crippen LogP contribution < -0.4 is 0 Å². The molecule has 0 saturated carbocycles. The van der Waals surface area contributed by atoms with Crippen LogP contribution >= 0.6 is 0 Å². The van der Waals surface area contributed by atoms with Gasteiger partial charge in [-0.2, -0.15) is 0 Å². The van der Waals surface area contributed by atoms with Crippen molar-refractivity contribution < 1.29 is 5.11 Å². The molecule has 0 fully saturated rings. The molecule has 0 atom stereocenters. The second-order valence-electron chi connectivity index (χ2n) is 1.63. The molecule has 0 heterocycles. The number of aliphatic hydroxyl groups is 1. The molecule has 1 aliphatic rings. The van der Waals surface area contributed by atoms with E-state index < -0.39 is 0 Å². The van der Waals surface area contributed by atoms with Crippen molar-refractivity contribution in [2.45, 2.75) is 6.92 Å². The lowest BCUT2D eigenvalue weighted by Gasteiger charge is -1.82. The lowest BCUT2D eigenvalue weighted by atomic mass is 10.2. The Hall–Kier alpha value is -0.940. The van der Waals surface area contributed by atoms with Gasteiger partial charge in [0.05, 0.1) is 5.57 Å². The van der Waals surface area contributed by atoms with Gasteiger partial charge in [-0.15, -0.1) is 0 Å². The highest BCUT2D eigenvalue weighted by Crippen LogP contribution is 2.22. The minimum Gasteiger partial charge on any atom is -0.500 e. The van der Waals surface area contributed by atoms with Crippen molar-refractivity contribution in [2.24, 2.45) is 0 Å². The maximum absolute atomic E-state index is 8.50. The van der Waals surface area contributed by atoms with Crippen LogP contribution in [-0.2, 0) is 0 Å². The topological polar surface area (TPSA) is 20.2 Å². The van der Waals surface area contributed by atoms with Crippen molar-refractivity contribution >= 4 is 0 Å². The van der Waals surface area contributed by atoms with E-state index in [1.807, 2.05) is 6.92 Å². The quantitative estimate of drug-likeness (QED) is 0.489. The van der Waals surface area contributed by atoms with Crippen molar-refractivity contribution in [1.82, 2.24) is 0 Å². The Bertz CT molecular complexity index is 180. The molecule has 0 aliphatic heterocycles. The number of rotatable bonds is 1. The van der Waals surface area contributed by atoms with Crippen molar-refractivity contribution in [2.75, 3.05) is 0 Å². The molecule has 1 nitrogen and oxygen atoms in total. The molecule has 0 aromatic rings. The number of hydrogen-bond acceptors (Lipinski definition) is 1. The summed E-state index contributed by atoms with van der Waals surface area (Å²) in [5, 5.41) is 8.50. The second kappa shape index (κ2) is 1.02. The van der Waals surface area contributed by atoms with E-state index >= 15 is 0 Å². The van der Waals surface area contributed by atoms with Gasteiger partial charge in [0.25, 0.3) is 0 Å². The normalized spacial score (nSPS) is 15.0. The summed E-state index contributed by atoms with van der Waals surface area (Å²) in [4.78, 5) is 0. The van der Waals surface area contributed by atoms with Crippen molar-refractivity contribution in [1.29, 1.82) is 0 Å². The smallest absolute Gasteiger partial charge is 0.175 e. The van der Waals surface area contributed by atoms with Gasteiger partial charge in [0.2, 0.25) is 0 Å². The van der Waals surface area contributed by atoms with Crippen molar-refractivity contribution in [3.05, 3.63) is 29.2 Å². The first-order chi connectivity index (χ1) is 3.22. The molecule has 1 rings (SSSR count). The van der Waals surface area contributed by atoms with Crippen LogP contribution in [0.15, 0.2) is 29.2 Å². The van der Waals surface area contributed by atoms with E-state index in [0.29, 0.717) is 0 Å². The maximum Gasteiger partial charge on any atom is 0.175 e. The van der Waals surface area contributed by atoms with Crippen LogP contribution in [0.25, 0.3) is 0 Å². The molecule has 1 heteroatoms. The average molecular weight is 94.1 g/mol. The third kappa shape index (κ3) is 0.577. The van der Waals surface area contributed by atoms with E-state index in [4.69, 9.17) is 5.11 Å². The fourth-order valence-electron chi connectivity index (χ4n) is 0.396. The Morgan fingerprint density at radius 3 is 2.29 bits per heavy atom. The molecule has 0 bridgehead atoms. The molecule has 0 aromatic carbocycles. The van der Waals surface area contributed by atoms with Crippen molar-refractivity contribution in [3.8, 4) is 0 Å². The van der Waals surface area contributed by atoms with Gasteiger partial charge in [-0.3, -0.25) is 0 Å². The predicted octanol–water partition coefficient (Wildman–Crippen LogP) is 1.54. The van der Waals surface area contributed by atoms with Gasteiger partial charge < -0.3 is 5.11 Å². The Balaban J connectivity index is 2.55. The molecule has 0 spiro atoms.